The second kappa shape index (κ2) is 5.58. The molecule has 1 heterocycles. The van der Waals surface area contributed by atoms with E-state index in [9.17, 15) is 13.2 Å². The monoisotopic (exact) mass is 252 g/mol. The Morgan fingerprint density at radius 3 is 2.38 bits per heavy atom. The highest BCUT2D eigenvalue weighted by atomic mass is 32.2. The van der Waals surface area contributed by atoms with Crippen molar-refractivity contribution in [2.24, 2.45) is 0 Å². The van der Waals surface area contributed by atoms with Gasteiger partial charge in [0.2, 0.25) is 0 Å². The quantitative estimate of drug-likeness (QED) is 0.567. The Hall–Kier alpha value is -0.700. The first kappa shape index (κ1) is 13.4. The standard InChI is InChI=1S/C8H16N2O5S/c11-7(8(12)13)6-9-16(14,15)10-4-2-1-3-5-10/h7,9,11H,1-6H2,(H,12,13). The van der Waals surface area contributed by atoms with Crippen LogP contribution < -0.4 is 4.72 Å². The molecule has 0 bridgehead atoms. The van der Waals surface area contributed by atoms with Gasteiger partial charge in [-0.05, 0) is 12.8 Å². The molecular weight excluding hydrogens is 236 g/mol. The van der Waals surface area contributed by atoms with Crippen molar-refractivity contribution in [2.75, 3.05) is 19.6 Å². The molecule has 0 aromatic heterocycles. The summed E-state index contributed by atoms with van der Waals surface area (Å²) < 4.78 is 26.6. The Balaban J connectivity index is 2.47. The average molecular weight is 252 g/mol. The Morgan fingerprint density at radius 1 is 1.31 bits per heavy atom. The molecule has 1 atom stereocenters. The van der Waals surface area contributed by atoms with E-state index < -0.39 is 28.8 Å². The Bertz CT molecular complexity index is 336. The van der Waals surface area contributed by atoms with E-state index in [1.54, 1.807) is 0 Å². The second-order valence-corrected chi connectivity index (χ2v) is 5.42. The van der Waals surface area contributed by atoms with E-state index in [4.69, 9.17) is 10.2 Å². The maximum atomic E-state index is 11.6. The predicted molar refractivity (Wildman–Crippen MR) is 56.0 cm³/mol. The van der Waals surface area contributed by atoms with E-state index in [1.165, 1.54) is 4.31 Å². The predicted octanol–water partition coefficient (Wildman–Crippen LogP) is -1.25. The third-order valence-electron chi connectivity index (χ3n) is 2.40. The van der Waals surface area contributed by atoms with Crippen LogP contribution in [0.2, 0.25) is 0 Å². The van der Waals surface area contributed by atoms with Crippen molar-refractivity contribution in [3.8, 4) is 0 Å². The van der Waals surface area contributed by atoms with Crippen molar-refractivity contribution >= 4 is 16.2 Å². The number of aliphatic hydroxyl groups excluding tert-OH is 1. The Labute approximate surface area is 94.2 Å². The van der Waals surface area contributed by atoms with Gasteiger partial charge in [-0.15, -0.1) is 0 Å². The minimum Gasteiger partial charge on any atom is -0.479 e. The van der Waals surface area contributed by atoms with E-state index in [2.05, 4.69) is 4.72 Å². The van der Waals surface area contributed by atoms with Gasteiger partial charge in [-0.1, -0.05) is 6.42 Å². The number of aliphatic hydroxyl groups is 1. The molecule has 8 heteroatoms. The first-order valence-electron chi connectivity index (χ1n) is 5.09. The van der Waals surface area contributed by atoms with E-state index in [0.717, 1.165) is 19.3 Å². The number of carbonyl (C=O) groups is 1. The number of nitrogens with one attached hydrogen (secondary N) is 1. The van der Waals surface area contributed by atoms with Crippen molar-refractivity contribution in [1.82, 2.24) is 9.03 Å². The van der Waals surface area contributed by atoms with Gasteiger partial charge in [0, 0.05) is 19.6 Å². The van der Waals surface area contributed by atoms with Crippen LogP contribution in [0.25, 0.3) is 0 Å². The lowest BCUT2D eigenvalue weighted by Crippen LogP contribution is -2.46. The number of aliphatic carboxylic acids is 1. The summed E-state index contributed by atoms with van der Waals surface area (Å²) in [5.41, 5.74) is 0. The summed E-state index contributed by atoms with van der Waals surface area (Å²) in [6, 6.07) is 0. The number of hydrogen-bond donors (Lipinski definition) is 3. The fourth-order valence-electron chi connectivity index (χ4n) is 1.47. The molecule has 0 amide bonds. The van der Waals surface area contributed by atoms with Gasteiger partial charge in [0.1, 0.15) is 0 Å². The van der Waals surface area contributed by atoms with Crippen LogP contribution >= 0.6 is 0 Å². The minimum absolute atomic E-state index is 0.443. The summed E-state index contributed by atoms with van der Waals surface area (Å²) >= 11 is 0. The largest absolute Gasteiger partial charge is 0.479 e. The molecule has 0 radical (unpaired) electrons. The number of carboxylic acid groups (broad SMARTS) is 1. The first-order valence-corrected chi connectivity index (χ1v) is 6.53. The summed E-state index contributed by atoms with van der Waals surface area (Å²) in [5, 5.41) is 17.3. The summed E-state index contributed by atoms with van der Waals surface area (Å²) in [7, 11) is -3.65. The zero-order valence-electron chi connectivity index (χ0n) is 8.79. The second-order valence-electron chi connectivity index (χ2n) is 3.67. The molecule has 1 fully saturated rings. The Kier molecular flexibility index (Phi) is 4.66. The number of carboxylic acids is 1. The molecule has 16 heavy (non-hydrogen) atoms. The van der Waals surface area contributed by atoms with Gasteiger partial charge >= 0.3 is 5.97 Å². The van der Waals surface area contributed by atoms with Crippen LogP contribution in [0.5, 0.6) is 0 Å². The van der Waals surface area contributed by atoms with Gasteiger partial charge in [-0.25, -0.2) is 4.79 Å². The summed E-state index contributed by atoms with van der Waals surface area (Å²) in [6.45, 7) is 0.380. The number of piperidine rings is 1. The third kappa shape index (κ3) is 3.71. The smallest absolute Gasteiger partial charge is 0.333 e. The number of rotatable bonds is 5. The lowest BCUT2D eigenvalue weighted by atomic mass is 10.2. The molecule has 1 rings (SSSR count). The normalized spacial score (nSPS) is 20.6. The molecule has 0 aliphatic carbocycles. The summed E-state index contributed by atoms with van der Waals surface area (Å²) in [5.74, 6) is -1.44. The van der Waals surface area contributed by atoms with E-state index in [0.29, 0.717) is 13.1 Å². The lowest BCUT2D eigenvalue weighted by molar-refractivity contribution is -0.146. The van der Waals surface area contributed by atoms with Gasteiger partial charge in [0.05, 0.1) is 0 Å². The van der Waals surface area contributed by atoms with Gasteiger partial charge in [0.15, 0.2) is 6.10 Å². The van der Waals surface area contributed by atoms with E-state index in [1.807, 2.05) is 0 Å². The highest BCUT2D eigenvalue weighted by molar-refractivity contribution is 7.87. The van der Waals surface area contributed by atoms with Gasteiger partial charge in [-0.3, -0.25) is 0 Å². The fraction of sp³-hybridized carbons (Fsp3) is 0.875. The third-order valence-corrected chi connectivity index (χ3v) is 3.98. The van der Waals surface area contributed by atoms with Crippen molar-refractivity contribution in [3.63, 3.8) is 0 Å². The zero-order valence-corrected chi connectivity index (χ0v) is 9.61. The van der Waals surface area contributed by atoms with Crippen LogP contribution in [0.15, 0.2) is 0 Å². The lowest BCUT2D eigenvalue weighted by Gasteiger charge is -2.26. The van der Waals surface area contributed by atoms with Gasteiger partial charge in [-0.2, -0.15) is 17.4 Å². The molecule has 1 aliphatic heterocycles. The average Bonchev–Trinajstić information content (AvgIpc) is 2.27. The molecular formula is C8H16N2O5S. The number of hydrogen-bond acceptors (Lipinski definition) is 4. The SMILES string of the molecule is O=C(O)C(O)CNS(=O)(=O)N1CCCCC1. The molecule has 0 saturated carbocycles. The van der Waals surface area contributed by atoms with Crippen LogP contribution in [0, 0.1) is 0 Å². The van der Waals surface area contributed by atoms with Crippen molar-refractivity contribution in [3.05, 3.63) is 0 Å². The maximum absolute atomic E-state index is 11.6. The maximum Gasteiger partial charge on any atom is 0.333 e. The highest BCUT2D eigenvalue weighted by Gasteiger charge is 2.25. The molecule has 0 spiro atoms. The molecule has 0 aromatic carbocycles. The van der Waals surface area contributed by atoms with Crippen LogP contribution in [-0.2, 0) is 15.0 Å². The van der Waals surface area contributed by atoms with E-state index >= 15 is 0 Å². The fourth-order valence-corrected chi connectivity index (χ4v) is 2.76. The molecule has 1 saturated heterocycles. The molecule has 7 nitrogen and oxygen atoms in total. The van der Waals surface area contributed by atoms with Crippen LogP contribution in [0.1, 0.15) is 19.3 Å². The summed E-state index contributed by atoms with van der Waals surface area (Å²) in [4.78, 5) is 10.3. The molecule has 0 aromatic rings. The first-order chi connectivity index (χ1) is 7.43. The van der Waals surface area contributed by atoms with Crippen LogP contribution in [0.4, 0.5) is 0 Å². The van der Waals surface area contributed by atoms with Crippen LogP contribution in [0.3, 0.4) is 0 Å². The van der Waals surface area contributed by atoms with E-state index in [-0.39, 0.29) is 0 Å². The van der Waals surface area contributed by atoms with Gasteiger partial charge in [0.25, 0.3) is 10.2 Å². The topological polar surface area (TPSA) is 107 Å². The zero-order chi connectivity index (χ0) is 12.2. The highest BCUT2D eigenvalue weighted by Crippen LogP contribution is 2.11. The minimum atomic E-state index is -3.65. The molecule has 1 unspecified atom stereocenters. The Morgan fingerprint density at radius 2 is 1.88 bits per heavy atom. The van der Waals surface area contributed by atoms with Crippen molar-refractivity contribution < 1.29 is 23.4 Å². The van der Waals surface area contributed by atoms with Gasteiger partial charge < -0.3 is 10.2 Å². The number of nitrogens with zero attached hydrogens (tertiary/aromatic N) is 1. The van der Waals surface area contributed by atoms with Crippen LogP contribution in [-0.4, -0.2) is 54.6 Å². The molecule has 1 aliphatic rings. The van der Waals surface area contributed by atoms with Crippen molar-refractivity contribution in [2.45, 2.75) is 25.4 Å². The summed E-state index contributed by atoms with van der Waals surface area (Å²) in [6.07, 6.45) is 0.911. The molecule has 94 valence electrons. The van der Waals surface area contributed by atoms with Crippen molar-refractivity contribution in [1.29, 1.82) is 0 Å². The molecule has 3 N–H and O–H groups in total.